The fourth-order valence-electron chi connectivity index (χ4n) is 1.24. The third-order valence-electron chi connectivity index (χ3n) is 1.89. The molecule has 0 bridgehead atoms. The maximum absolute atomic E-state index is 5.50. The van der Waals surface area contributed by atoms with Crippen molar-refractivity contribution in [3.05, 3.63) is 30.1 Å². The first-order valence-electron chi connectivity index (χ1n) is 4.00. The van der Waals surface area contributed by atoms with E-state index in [-0.39, 0.29) is 12.4 Å². The summed E-state index contributed by atoms with van der Waals surface area (Å²) in [6.45, 7) is 1.95. The van der Waals surface area contributed by atoms with Crippen LogP contribution in [0.15, 0.2) is 24.4 Å². The van der Waals surface area contributed by atoms with Crippen molar-refractivity contribution in [3.63, 3.8) is 0 Å². The van der Waals surface area contributed by atoms with E-state index in [0.717, 1.165) is 17.0 Å². The maximum Gasteiger partial charge on any atom is 0.145 e. The Kier molecular flexibility index (Phi) is 3.09. The number of hydrogen-bond donors (Lipinski definition) is 2. The van der Waals surface area contributed by atoms with E-state index in [1.807, 2.05) is 19.1 Å². The first kappa shape index (κ1) is 10.5. The SMILES string of the molecule is Cc1ncccc1-c1cc(N)n[nH]1.Cl. The first-order valence-corrected chi connectivity index (χ1v) is 4.00. The monoisotopic (exact) mass is 210 g/mol. The van der Waals surface area contributed by atoms with E-state index < -0.39 is 0 Å². The maximum atomic E-state index is 5.50. The second-order valence-electron chi connectivity index (χ2n) is 2.84. The number of pyridine rings is 1. The predicted molar refractivity (Wildman–Crippen MR) is 58.2 cm³/mol. The van der Waals surface area contributed by atoms with Gasteiger partial charge in [0.05, 0.1) is 5.69 Å². The number of nitrogen functional groups attached to an aromatic ring is 1. The summed E-state index contributed by atoms with van der Waals surface area (Å²) < 4.78 is 0. The summed E-state index contributed by atoms with van der Waals surface area (Å²) in [5.41, 5.74) is 8.41. The quantitative estimate of drug-likeness (QED) is 0.754. The predicted octanol–water partition coefficient (Wildman–Crippen LogP) is 1.78. The van der Waals surface area contributed by atoms with Crippen LogP contribution < -0.4 is 5.73 Å². The zero-order valence-corrected chi connectivity index (χ0v) is 8.51. The number of aromatic amines is 1. The van der Waals surface area contributed by atoms with Gasteiger partial charge in [-0.2, -0.15) is 5.10 Å². The van der Waals surface area contributed by atoms with Crippen molar-refractivity contribution in [2.75, 3.05) is 5.73 Å². The van der Waals surface area contributed by atoms with Gasteiger partial charge in [0.25, 0.3) is 0 Å². The van der Waals surface area contributed by atoms with Gasteiger partial charge < -0.3 is 5.73 Å². The van der Waals surface area contributed by atoms with Crippen molar-refractivity contribution in [1.82, 2.24) is 15.2 Å². The molecular weight excluding hydrogens is 200 g/mol. The molecule has 0 aromatic carbocycles. The molecule has 0 atom stereocenters. The van der Waals surface area contributed by atoms with Gasteiger partial charge in [0.15, 0.2) is 0 Å². The van der Waals surface area contributed by atoms with Gasteiger partial charge in [-0.15, -0.1) is 12.4 Å². The molecule has 0 saturated heterocycles. The van der Waals surface area contributed by atoms with E-state index in [1.54, 1.807) is 12.3 Å². The van der Waals surface area contributed by atoms with Gasteiger partial charge in [-0.25, -0.2) is 0 Å². The van der Waals surface area contributed by atoms with Crippen LogP contribution >= 0.6 is 12.4 Å². The molecule has 0 radical (unpaired) electrons. The number of H-pyrrole nitrogens is 1. The van der Waals surface area contributed by atoms with Gasteiger partial charge in [0.2, 0.25) is 0 Å². The Labute approximate surface area is 88.0 Å². The van der Waals surface area contributed by atoms with Crippen LogP contribution in [0.1, 0.15) is 5.69 Å². The van der Waals surface area contributed by atoms with Crippen LogP contribution in [0.5, 0.6) is 0 Å². The minimum absolute atomic E-state index is 0. The minimum Gasteiger partial charge on any atom is -0.382 e. The Morgan fingerprint density at radius 1 is 1.43 bits per heavy atom. The Balaban J connectivity index is 0.000000980. The molecule has 2 rings (SSSR count). The van der Waals surface area contributed by atoms with E-state index in [0.29, 0.717) is 5.82 Å². The Morgan fingerprint density at radius 2 is 2.21 bits per heavy atom. The molecule has 2 aromatic heterocycles. The number of hydrogen-bond acceptors (Lipinski definition) is 3. The van der Waals surface area contributed by atoms with E-state index in [1.165, 1.54) is 0 Å². The lowest BCUT2D eigenvalue weighted by molar-refractivity contribution is 1.09. The highest BCUT2D eigenvalue weighted by Crippen LogP contribution is 2.20. The summed E-state index contributed by atoms with van der Waals surface area (Å²) in [4.78, 5) is 4.18. The average Bonchev–Trinajstić information content (AvgIpc) is 2.53. The average molecular weight is 211 g/mol. The van der Waals surface area contributed by atoms with Crippen LogP contribution in [0.4, 0.5) is 5.82 Å². The zero-order valence-electron chi connectivity index (χ0n) is 7.69. The molecule has 0 unspecified atom stereocenters. The molecule has 0 amide bonds. The Bertz CT molecular complexity index is 424. The molecule has 0 aliphatic carbocycles. The van der Waals surface area contributed by atoms with Crippen LogP contribution in [0.3, 0.4) is 0 Å². The third-order valence-corrected chi connectivity index (χ3v) is 1.89. The molecule has 14 heavy (non-hydrogen) atoms. The topological polar surface area (TPSA) is 67.6 Å². The highest BCUT2D eigenvalue weighted by molar-refractivity contribution is 5.85. The minimum atomic E-state index is 0. The Hall–Kier alpha value is -1.55. The standard InChI is InChI=1S/C9H10N4.ClH/c1-6-7(3-2-4-11-6)8-5-9(10)13-12-8;/h2-5H,1H3,(H3,10,12,13);1H. The number of nitrogens with two attached hydrogens (primary N) is 1. The summed E-state index contributed by atoms with van der Waals surface area (Å²) in [5, 5.41) is 6.71. The second kappa shape index (κ2) is 4.11. The van der Waals surface area contributed by atoms with Crippen molar-refractivity contribution in [2.24, 2.45) is 0 Å². The number of anilines is 1. The molecule has 74 valence electrons. The Morgan fingerprint density at radius 3 is 2.79 bits per heavy atom. The molecule has 2 heterocycles. The number of rotatable bonds is 1. The first-order chi connectivity index (χ1) is 6.27. The smallest absolute Gasteiger partial charge is 0.145 e. The molecule has 4 nitrogen and oxygen atoms in total. The van der Waals surface area contributed by atoms with E-state index in [2.05, 4.69) is 15.2 Å². The van der Waals surface area contributed by atoms with E-state index >= 15 is 0 Å². The summed E-state index contributed by atoms with van der Waals surface area (Å²) in [5.74, 6) is 0.498. The fourth-order valence-corrected chi connectivity index (χ4v) is 1.24. The number of aryl methyl sites for hydroxylation is 1. The molecule has 0 saturated carbocycles. The normalized spacial score (nSPS) is 9.50. The number of aromatic nitrogens is 3. The van der Waals surface area contributed by atoms with Crippen LogP contribution in [0, 0.1) is 6.92 Å². The van der Waals surface area contributed by atoms with Crippen molar-refractivity contribution >= 4 is 18.2 Å². The molecule has 3 N–H and O–H groups in total. The molecule has 2 aromatic rings. The summed E-state index contributed by atoms with van der Waals surface area (Å²) >= 11 is 0. The van der Waals surface area contributed by atoms with Crippen molar-refractivity contribution in [1.29, 1.82) is 0 Å². The highest BCUT2D eigenvalue weighted by Gasteiger charge is 2.03. The lowest BCUT2D eigenvalue weighted by Crippen LogP contribution is -1.86. The summed E-state index contributed by atoms with van der Waals surface area (Å²) in [6, 6.07) is 5.67. The van der Waals surface area contributed by atoms with Crippen molar-refractivity contribution < 1.29 is 0 Å². The fraction of sp³-hybridized carbons (Fsp3) is 0.111. The van der Waals surface area contributed by atoms with Gasteiger partial charge in [-0.3, -0.25) is 10.1 Å². The summed E-state index contributed by atoms with van der Waals surface area (Å²) in [6.07, 6.45) is 1.76. The second-order valence-corrected chi connectivity index (χ2v) is 2.84. The third kappa shape index (κ3) is 1.85. The zero-order chi connectivity index (χ0) is 9.26. The number of halogens is 1. The lowest BCUT2D eigenvalue weighted by atomic mass is 10.1. The van der Waals surface area contributed by atoms with Crippen LogP contribution in [-0.2, 0) is 0 Å². The largest absolute Gasteiger partial charge is 0.382 e. The summed E-state index contributed by atoms with van der Waals surface area (Å²) in [7, 11) is 0. The van der Waals surface area contributed by atoms with Gasteiger partial charge in [-0.05, 0) is 19.1 Å². The number of nitrogens with one attached hydrogen (secondary N) is 1. The van der Waals surface area contributed by atoms with Gasteiger partial charge in [-0.1, -0.05) is 0 Å². The van der Waals surface area contributed by atoms with Gasteiger partial charge in [0, 0.05) is 23.5 Å². The molecule has 0 aliphatic rings. The van der Waals surface area contributed by atoms with E-state index in [4.69, 9.17) is 5.73 Å². The van der Waals surface area contributed by atoms with Crippen LogP contribution in [0.25, 0.3) is 11.3 Å². The van der Waals surface area contributed by atoms with E-state index in [9.17, 15) is 0 Å². The highest BCUT2D eigenvalue weighted by atomic mass is 35.5. The van der Waals surface area contributed by atoms with Crippen LogP contribution in [-0.4, -0.2) is 15.2 Å². The molecule has 5 heteroatoms. The van der Waals surface area contributed by atoms with Crippen molar-refractivity contribution in [2.45, 2.75) is 6.92 Å². The van der Waals surface area contributed by atoms with Crippen LogP contribution in [0.2, 0.25) is 0 Å². The molecule has 0 fully saturated rings. The number of nitrogens with zero attached hydrogens (tertiary/aromatic N) is 2. The van der Waals surface area contributed by atoms with Crippen molar-refractivity contribution in [3.8, 4) is 11.3 Å². The van der Waals surface area contributed by atoms with Gasteiger partial charge >= 0.3 is 0 Å². The molecular formula is C9H11ClN4. The van der Waals surface area contributed by atoms with Gasteiger partial charge in [0.1, 0.15) is 5.82 Å². The molecule has 0 aliphatic heterocycles. The molecule has 0 spiro atoms. The lowest BCUT2D eigenvalue weighted by Gasteiger charge is -1.99.